The number of rotatable bonds is 11. The molecule has 0 saturated carbocycles. The van der Waals surface area contributed by atoms with Crippen LogP contribution in [0.4, 0.5) is 10.1 Å². The Kier molecular flexibility index (Phi) is 10.9. The number of hydrogen-bond acceptors (Lipinski definition) is 6. The van der Waals surface area contributed by atoms with Gasteiger partial charge in [-0.05, 0) is 102 Å². The molecule has 1 atom stereocenters. The van der Waals surface area contributed by atoms with Crippen LogP contribution < -0.4 is 10.2 Å². The molecule has 4 rings (SSSR count). The van der Waals surface area contributed by atoms with Crippen molar-refractivity contribution in [3.05, 3.63) is 82.4 Å². The second-order valence-electron chi connectivity index (χ2n) is 13.7. The van der Waals surface area contributed by atoms with Crippen molar-refractivity contribution in [1.29, 1.82) is 0 Å². The van der Waals surface area contributed by atoms with Crippen molar-refractivity contribution in [3.63, 3.8) is 0 Å². The number of nitrogens with zero attached hydrogens (tertiary/aromatic N) is 2. The highest BCUT2D eigenvalue weighted by molar-refractivity contribution is 5.88. The molecule has 0 radical (unpaired) electrons. The Morgan fingerprint density at radius 3 is 2.20 bits per heavy atom. The fourth-order valence-electron chi connectivity index (χ4n) is 5.87. The number of esters is 1. The van der Waals surface area contributed by atoms with Gasteiger partial charge in [0.15, 0.2) is 6.10 Å². The van der Waals surface area contributed by atoms with E-state index in [1.54, 1.807) is 0 Å². The van der Waals surface area contributed by atoms with E-state index in [1.165, 1.54) is 17.7 Å². The molecule has 0 amide bonds. The number of piperidine rings is 1. The van der Waals surface area contributed by atoms with Crippen LogP contribution in [0.25, 0.3) is 11.1 Å². The van der Waals surface area contributed by atoms with Crippen molar-refractivity contribution < 1.29 is 18.7 Å². The molecule has 1 fully saturated rings. The Morgan fingerprint density at radius 1 is 1.00 bits per heavy atom. The molecule has 0 spiro atoms. The molecule has 0 aliphatic carbocycles. The Balaban J connectivity index is 1.69. The summed E-state index contributed by atoms with van der Waals surface area (Å²) in [7, 11) is 0. The maximum Gasteiger partial charge on any atom is 0.340 e. The number of ether oxygens (including phenoxy) is 2. The second kappa shape index (κ2) is 14.2. The van der Waals surface area contributed by atoms with Crippen LogP contribution in [0, 0.1) is 25.1 Å². The number of carbonyl (C=O) groups is 1. The van der Waals surface area contributed by atoms with Crippen LogP contribution in [-0.2, 0) is 27.2 Å². The lowest BCUT2D eigenvalue weighted by Crippen LogP contribution is -2.39. The fourth-order valence-corrected chi connectivity index (χ4v) is 5.87. The van der Waals surface area contributed by atoms with Gasteiger partial charge in [0.2, 0.25) is 0 Å². The number of nitrogens with one attached hydrogen (secondary N) is 1. The molecule has 6 nitrogen and oxygen atoms in total. The zero-order valence-corrected chi connectivity index (χ0v) is 27.9. The molecule has 1 aromatic heterocycles. The number of halogens is 1. The molecule has 0 bridgehead atoms. The Morgan fingerprint density at radius 2 is 1.61 bits per heavy atom. The van der Waals surface area contributed by atoms with Crippen LogP contribution >= 0.6 is 0 Å². The minimum absolute atomic E-state index is 0.210. The van der Waals surface area contributed by atoms with E-state index < -0.39 is 11.7 Å². The second-order valence-corrected chi connectivity index (χ2v) is 13.7. The number of anilines is 1. The highest BCUT2D eigenvalue weighted by Gasteiger charge is 2.37. The van der Waals surface area contributed by atoms with Crippen LogP contribution in [0.15, 0.2) is 48.5 Å². The summed E-state index contributed by atoms with van der Waals surface area (Å²) < 4.78 is 25.2. The van der Waals surface area contributed by atoms with E-state index in [0.717, 1.165) is 84.8 Å². The zero-order chi connectivity index (χ0) is 32.1. The van der Waals surface area contributed by atoms with E-state index in [9.17, 15) is 9.18 Å². The quantitative estimate of drug-likeness (QED) is 0.178. The average Bonchev–Trinajstić information content (AvgIpc) is 2.95. The molecule has 44 heavy (non-hydrogen) atoms. The van der Waals surface area contributed by atoms with Gasteiger partial charge in [0.25, 0.3) is 0 Å². The molecule has 2 heterocycles. The number of aromatic nitrogens is 1. The molecule has 1 N–H and O–H groups in total. The van der Waals surface area contributed by atoms with E-state index in [0.29, 0.717) is 0 Å². The number of carbonyl (C=O) groups excluding carboxylic acids is 1. The van der Waals surface area contributed by atoms with E-state index in [4.69, 9.17) is 14.5 Å². The highest BCUT2D eigenvalue weighted by atomic mass is 19.1. The standard InChI is InChI=1S/C37H50FN3O3/c1-9-43-35(42)34(44-36(4,5)6)32-26(3)40-25(2)31(33(32)41-22-19-37(7,8)20-23-41)29-14-10-28(11-15-29)24-39-21-18-27-12-16-30(38)17-13-27/h10-17,34,39H,9,18-24H2,1-8H3/t34-/m0/s1. The largest absolute Gasteiger partial charge is 0.464 e. The number of aryl methyl sites for hydroxylation is 2. The van der Waals surface area contributed by atoms with Gasteiger partial charge in [-0.25, -0.2) is 9.18 Å². The van der Waals surface area contributed by atoms with Gasteiger partial charge in [-0.3, -0.25) is 4.98 Å². The lowest BCUT2D eigenvalue weighted by atomic mass is 9.81. The van der Waals surface area contributed by atoms with Gasteiger partial charge in [-0.2, -0.15) is 0 Å². The minimum atomic E-state index is -0.892. The molecule has 3 aromatic rings. The van der Waals surface area contributed by atoms with Crippen LogP contribution in [0.2, 0.25) is 0 Å². The third-order valence-corrected chi connectivity index (χ3v) is 8.32. The van der Waals surface area contributed by atoms with E-state index in [2.05, 4.69) is 55.3 Å². The normalized spacial score (nSPS) is 15.7. The van der Waals surface area contributed by atoms with Crippen molar-refractivity contribution in [2.45, 2.75) is 92.9 Å². The SMILES string of the molecule is CCOC(=O)[C@@H](OC(C)(C)C)c1c(C)nc(C)c(-c2ccc(CNCCc3ccc(F)cc3)cc2)c1N1CCC(C)(C)CC1. The Labute approximate surface area is 263 Å². The van der Waals surface area contributed by atoms with Gasteiger partial charge >= 0.3 is 5.97 Å². The predicted octanol–water partition coefficient (Wildman–Crippen LogP) is 7.88. The first-order valence-electron chi connectivity index (χ1n) is 15.9. The first-order chi connectivity index (χ1) is 20.8. The fraction of sp³-hybridized carbons (Fsp3) is 0.514. The zero-order valence-electron chi connectivity index (χ0n) is 27.9. The first kappa shape index (κ1) is 33.6. The summed E-state index contributed by atoms with van der Waals surface area (Å²) in [5, 5.41) is 3.50. The smallest absolute Gasteiger partial charge is 0.340 e. The van der Waals surface area contributed by atoms with Gasteiger partial charge in [0.1, 0.15) is 5.82 Å². The van der Waals surface area contributed by atoms with E-state index >= 15 is 0 Å². The van der Waals surface area contributed by atoms with Crippen molar-refractivity contribution in [3.8, 4) is 11.1 Å². The maximum absolute atomic E-state index is 13.5. The Hall–Kier alpha value is -3.29. The third kappa shape index (κ3) is 8.66. The van der Waals surface area contributed by atoms with Gasteiger partial charge in [0, 0.05) is 42.1 Å². The number of benzene rings is 2. The summed E-state index contributed by atoms with van der Waals surface area (Å²) in [6, 6.07) is 15.3. The molecule has 1 aliphatic heterocycles. The molecular formula is C37H50FN3O3. The molecule has 1 aliphatic rings. The molecule has 2 aromatic carbocycles. The Bertz CT molecular complexity index is 1400. The first-order valence-corrected chi connectivity index (χ1v) is 15.9. The third-order valence-electron chi connectivity index (χ3n) is 8.32. The summed E-state index contributed by atoms with van der Waals surface area (Å²) in [6.07, 6.45) is 2.05. The summed E-state index contributed by atoms with van der Waals surface area (Å²) in [5.74, 6) is -0.596. The van der Waals surface area contributed by atoms with E-state index in [1.807, 2.05) is 46.8 Å². The monoisotopic (exact) mass is 603 g/mol. The van der Waals surface area contributed by atoms with E-state index in [-0.39, 0.29) is 23.8 Å². The molecule has 0 unspecified atom stereocenters. The predicted molar refractivity (Wildman–Crippen MR) is 176 cm³/mol. The van der Waals surface area contributed by atoms with Gasteiger partial charge in [-0.15, -0.1) is 0 Å². The van der Waals surface area contributed by atoms with Crippen molar-refractivity contribution in [2.24, 2.45) is 5.41 Å². The summed E-state index contributed by atoms with van der Waals surface area (Å²) in [5.41, 5.74) is 7.61. The van der Waals surface area contributed by atoms with Crippen LogP contribution in [-0.4, -0.2) is 42.8 Å². The van der Waals surface area contributed by atoms with Gasteiger partial charge in [0.05, 0.1) is 17.9 Å². The number of pyridine rings is 1. The minimum Gasteiger partial charge on any atom is -0.464 e. The molecule has 7 heteroatoms. The highest BCUT2D eigenvalue weighted by Crippen LogP contribution is 2.45. The molecule has 238 valence electrons. The van der Waals surface area contributed by atoms with Crippen molar-refractivity contribution in [2.75, 3.05) is 31.1 Å². The number of hydrogen-bond donors (Lipinski definition) is 1. The molecular weight excluding hydrogens is 553 g/mol. The summed E-state index contributed by atoms with van der Waals surface area (Å²) >= 11 is 0. The van der Waals surface area contributed by atoms with Crippen LogP contribution in [0.3, 0.4) is 0 Å². The average molecular weight is 604 g/mol. The summed E-state index contributed by atoms with van der Waals surface area (Å²) in [6.45, 7) is 20.0. The molecule has 1 saturated heterocycles. The van der Waals surface area contributed by atoms with Gasteiger partial charge < -0.3 is 19.7 Å². The van der Waals surface area contributed by atoms with Crippen LogP contribution in [0.5, 0.6) is 0 Å². The van der Waals surface area contributed by atoms with Crippen molar-refractivity contribution >= 4 is 11.7 Å². The maximum atomic E-state index is 13.5. The van der Waals surface area contributed by atoms with Crippen LogP contribution in [0.1, 0.15) is 88.6 Å². The lowest BCUT2D eigenvalue weighted by Gasteiger charge is -2.41. The summed E-state index contributed by atoms with van der Waals surface area (Å²) in [4.78, 5) is 20.9. The lowest BCUT2D eigenvalue weighted by molar-refractivity contribution is -0.166. The van der Waals surface area contributed by atoms with Gasteiger partial charge in [-0.1, -0.05) is 50.2 Å². The topological polar surface area (TPSA) is 63.7 Å². The van der Waals surface area contributed by atoms with Crippen molar-refractivity contribution in [1.82, 2.24) is 10.3 Å².